The van der Waals surface area contributed by atoms with E-state index >= 15 is 0 Å². The van der Waals surface area contributed by atoms with E-state index in [4.69, 9.17) is 0 Å². The van der Waals surface area contributed by atoms with Gasteiger partial charge in [0.05, 0.1) is 3.57 Å². The van der Waals surface area contributed by atoms with Crippen molar-refractivity contribution < 1.29 is 0 Å². The summed E-state index contributed by atoms with van der Waals surface area (Å²) in [6.45, 7) is 0. The van der Waals surface area contributed by atoms with Crippen molar-refractivity contribution in [1.29, 1.82) is 0 Å². The highest BCUT2D eigenvalue weighted by Crippen LogP contribution is 2.26. The average molecular weight is 347 g/mol. The molecule has 0 atom stereocenters. The molecule has 0 saturated carbocycles. The number of hydrogen-bond acceptors (Lipinski definition) is 3. The van der Waals surface area contributed by atoms with Crippen molar-refractivity contribution in [3.05, 3.63) is 58.6 Å². The monoisotopic (exact) mass is 347 g/mol. The third kappa shape index (κ3) is 2.15. The van der Waals surface area contributed by atoms with Gasteiger partial charge < -0.3 is 5.32 Å². The van der Waals surface area contributed by atoms with Gasteiger partial charge in [0.2, 0.25) is 0 Å². The first kappa shape index (κ1) is 11.4. The van der Waals surface area contributed by atoms with Crippen LogP contribution in [0.15, 0.2) is 55.0 Å². The molecule has 0 radical (unpaired) electrons. The number of nitrogens with one attached hydrogen (secondary N) is 1. The molecule has 4 heteroatoms. The third-order valence-electron chi connectivity index (χ3n) is 2.71. The predicted octanol–water partition coefficient (Wildman–Crippen LogP) is 3.98. The highest BCUT2D eigenvalue weighted by atomic mass is 127. The molecule has 3 rings (SSSR count). The summed E-state index contributed by atoms with van der Waals surface area (Å²) >= 11 is 2.22. The van der Waals surface area contributed by atoms with E-state index in [-0.39, 0.29) is 0 Å². The molecule has 0 fully saturated rings. The molecule has 0 amide bonds. The Bertz CT molecular complexity index is 692. The van der Waals surface area contributed by atoms with Crippen molar-refractivity contribution in [2.45, 2.75) is 0 Å². The fraction of sp³-hybridized carbons (Fsp3) is 0. The Labute approximate surface area is 118 Å². The number of fused-ring (bicyclic) bond motifs is 1. The van der Waals surface area contributed by atoms with Crippen LogP contribution in [0.3, 0.4) is 0 Å². The number of halogens is 1. The Balaban J connectivity index is 2.08. The highest BCUT2D eigenvalue weighted by Gasteiger charge is 2.04. The number of rotatable bonds is 2. The van der Waals surface area contributed by atoms with Gasteiger partial charge in [-0.1, -0.05) is 36.4 Å². The molecule has 0 aliphatic carbocycles. The molecule has 0 saturated heterocycles. The van der Waals surface area contributed by atoms with Gasteiger partial charge in [-0.3, -0.25) is 0 Å². The lowest BCUT2D eigenvalue weighted by molar-refractivity contribution is 1.15. The first-order valence-electron chi connectivity index (χ1n) is 5.55. The van der Waals surface area contributed by atoms with Gasteiger partial charge in [0.25, 0.3) is 0 Å². The van der Waals surface area contributed by atoms with E-state index in [0.717, 1.165) is 15.1 Å². The van der Waals surface area contributed by atoms with Gasteiger partial charge in [0.1, 0.15) is 12.1 Å². The first-order valence-corrected chi connectivity index (χ1v) is 6.63. The van der Waals surface area contributed by atoms with Crippen LogP contribution >= 0.6 is 22.6 Å². The molecular formula is C14H10IN3. The average Bonchev–Trinajstić information content (AvgIpc) is 2.42. The van der Waals surface area contributed by atoms with Crippen LogP contribution in [-0.4, -0.2) is 9.97 Å². The second-order valence-corrected chi connectivity index (χ2v) is 5.03. The van der Waals surface area contributed by atoms with E-state index in [0.29, 0.717) is 0 Å². The minimum absolute atomic E-state index is 0.835. The summed E-state index contributed by atoms with van der Waals surface area (Å²) in [5.41, 5.74) is 1.06. The summed E-state index contributed by atoms with van der Waals surface area (Å²) < 4.78 is 1.00. The standard InChI is InChI=1S/C14H10IN3/c15-12-8-16-9-17-14(12)18-13-7-3-5-10-4-1-2-6-11(10)13/h1-9H,(H,16,17,18). The van der Waals surface area contributed by atoms with Crippen LogP contribution in [0.4, 0.5) is 11.5 Å². The summed E-state index contributed by atoms with van der Waals surface area (Å²) in [4.78, 5) is 8.24. The zero-order chi connectivity index (χ0) is 12.4. The maximum atomic E-state index is 4.25. The molecule has 88 valence electrons. The topological polar surface area (TPSA) is 37.8 Å². The predicted molar refractivity (Wildman–Crippen MR) is 82.0 cm³/mol. The van der Waals surface area contributed by atoms with Crippen LogP contribution in [0.2, 0.25) is 0 Å². The molecule has 18 heavy (non-hydrogen) atoms. The lowest BCUT2D eigenvalue weighted by atomic mass is 10.1. The zero-order valence-corrected chi connectivity index (χ0v) is 11.6. The molecule has 0 aliphatic heterocycles. The van der Waals surface area contributed by atoms with E-state index in [9.17, 15) is 0 Å². The van der Waals surface area contributed by atoms with Crippen LogP contribution in [0.5, 0.6) is 0 Å². The minimum atomic E-state index is 0.835. The molecule has 1 N–H and O–H groups in total. The van der Waals surface area contributed by atoms with Crippen molar-refractivity contribution in [1.82, 2.24) is 9.97 Å². The number of nitrogens with zero attached hydrogens (tertiary/aromatic N) is 2. The van der Waals surface area contributed by atoms with Gasteiger partial charge in [-0.15, -0.1) is 0 Å². The van der Waals surface area contributed by atoms with Crippen LogP contribution < -0.4 is 5.32 Å². The van der Waals surface area contributed by atoms with Crippen molar-refractivity contribution in [3.63, 3.8) is 0 Å². The summed E-state index contributed by atoms with van der Waals surface area (Å²) in [5, 5.41) is 5.76. The summed E-state index contributed by atoms with van der Waals surface area (Å²) in [6.07, 6.45) is 3.34. The van der Waals surface area contributed by atoms with Gasteiger partial charge in [-0.2, -0.15) is 0 Å². The van der Waals surface area contributed by atoms with E-state index < -0.39 is 0 Å². The van der Waals surface area contributed by atoms with E-state index in [2.05, 4.69) is 62.1 Å². The van der Waals surface area contributed by atoms with Gasteiger partial charge >= 0.3 is 0 Å². The van der Waals surface area contributed by atoms with E-state index in [1.807, 2.05) is 18.2 Å². The lowest BCUT2D eigenvalue weighted by Gasteiger charge is -2.09. The Hall–Kier alpha value is -1.69. The smallest absolute Gasteiger partial charge is 0.147 e. The van der Waals surface area contributed by atoms with E-state index in [1.54, 1.807) is 12.5 Å². The van der Waals surface area contributed by atoms with Crippen LogP contribution in [0, 0.1) is 3.57 Å². The third-order valence-corrected chi connectivity index (χ3v) is 3.50. The maximum absolute atomic E-state index is 4.25. The SMILES string of the molecule is Ic1cncnc1Nc1cccc2ccccc12. The Morgan fingerprint density at radius 3 is 2.72 bits per heavy atom. The van der Waals surface area contributed by atoms with Gasteiger partial charge in [-0.05, 0) is 34.0 Å². The fourth-order valence-electron chi connectivity index (χ4n) is 1.87. The molecule has 2 aromatic carbocycles. The number of anilines is 2. The molecular weight excluding hydrogens is 337 g/mol. The largest absolute Gasteiger partial charge is 0.339 e. The second-order valence-electron chi connectivity index (χ2n) is 3.87. The van der Waals surface area contributed by atoms with Crippen LogP contribution in [0.1, 0.15) is 0 Å². The highest BCUT2D eigenvalue weighted by molar-refractivity contribution is 14.1. The normalized spacial score (nSPS) is 10.5. The summed E-state index contributed by atoms with van der Waals surface area (Å²) in [7, 11) is 0. The zero-order valence-electron chi connectivity index (χ0n) is 9.47. The van der Waals surface area contributed by atoms with Crippen molar-refractivity contribution >= 4 is 44.9 Å². The molecule has 0 unspecified atom stereocenters. The summed E-state index contributed by atoms with van der Waals surface area (Å²) in [6, 6.07) is 14.5. The molecule has 3 aromatic rings. The quantitative estimate of drug-likeness (QED) is 0.713. The molecule has 0 aliphatic rings. The van der Waals surface area contributed by atoms with Crippen molar-refractivity contribution in [2.75, 3.05) is 5.32 Å². The Kier molecular flexibility index (Phi) is 3.10. The Morgan fingerprint density at radius 2 is 1.83 bits per heavy atom. The van der Waals surface area contributed by atoms with Gasteiger partial charge in [0, 0.05) is 17.3 Å². The second kappa shape index (κ2) is 4.89. The molecule has 1 aromatic heterocycles. The number of aromatic nitrogens is 2. The van der Waals surface area contributed by atoms with Gasteiger partial charge in [-0.25, -0.2) is 9.97 Å². The Morgan fingerprint density at radius 1 is 1.00 bits per heavy atom. The van der Waals surface area contributed by atoms with Crippen LogP contribution in [0.25, 0.3) is 10.8 Å². The fourth-order valence-corrected chi connectivity index (χ4v) is 2.30. The number of hydrogen-bond donors (Lipinski definition) is 1. The first-order chi connectivity index (χ1) is 8.84. The van der Waals surface area contributed by atoms with Crippen molar-refractivity contribution in [3.8, 4) is 0 Å². The lowest BCUT2D eigenvalue weighted by Crippen LogP contribution is -1.97. The van der Waals surface area contributed by atoms with E-state index in [1.165, 1.54) is 10.8 Å². The maximum Gasteiger partial charge on any atom is 0.147 e. The molecule has 0 bridgehead atoms. The molecule has 3 nitrogen and oxygen atoms in total. The van der Waals surface area contributed by atoms with Crippen LogP contribution in [-0.2, 0) is 0 Å². The number of benzene rings is 2. The minimum Gasteiger partial charge on any atom is -0.339 e. The summed E-state index contributed by atoms with van der Waals surface area (Å²) in [5.74, 6) is 0.835. The molecule has 0 spiro atoms. The molecule has 1 heterocycles. The van der Waals surface area contributed by atoms with Gasteiger partial charge in [0.15, 0.2) is 0 Å². The van der Waals surface area contributed by atoms with Crippen molar-refractivity contribution in [2.24, 2.45) is 0 Å².